The van der Waals surface area contributed by atoms with Gasteiger partial charge in [0.25, 0.3) is 0 Å². The lowest BCUT2D eigenvalue weighted by Crippen LogP contribution is -2.30. The van der Waals surface area contributed by atoms with Gasteiger partial charge in [0.05, 0.1) is 0 Å². The summed E-state index contributed by atoms with van der Waals surface area (Å²) in [6.45, 7) is 3.15. The Morgan fingerprint density at radius 2 is 2.05 bits per heavy atom. The number of amides is 2. The number of aromatic nitrogens is 1. The van der Waals surface area contributed by atoms with E-state index in [4.69, 9.17) is 4.52 Å². The van der Waals surface area contributed by atoms with Gasteiger partial charge in [0, 0.05) is 24.8 Å². The fourth-order valence-corrected chi connectivity index (χ4v) is 1.66. The second-order valence-corrected chi connectivity index (χ2v) is 4.35. The molecular formula is C14H18N4O2. The number of carbonyl (C=O) groups excluding carboxylic acids is 1. The maximum Gasteiger partial charge on any atom is 0.320 e. The van der Waals surface area contributed by atoms with Gasteiger partial charge in [0.2, 0.25) is 0 Å². The quantitative estimate of drug-likeness (QED) is 0.707. The van der Waals surface area contributed by atoms with Gasteiger partial charge < -0.3 is 15.2 Å². The molecule has 1 aromatic carbocycles. The van der Waals surface area contributed by atoms with Crippen molar-refractivity contribution < 1.29 is 9.32 Å². The van der Waals surface area contributed by atoms with Gasteiger partial charge in [0.15, 0.2) is 5.82 Å². The molecule has 1 heterocycles. The number of nitrogens with zero attached hydrogens (tertiary/aromatic N) is 1. The van der Waals surface area contributed by atoms with Gasteiger partial charge in [-0.3, -0.25) is 5.32 Å². The zero-order chi connectivity index (χ0) is 14.2. The molecule has 0 unspecified atom stereocenters. The molecule has 0 fully saturated rings. The summed E-state index contributed by atoms with van der Waals surface area (Å²) in [5.41, 5.74) is 1.08. The maximum atomic E-state index is 11.5. The molecule has 0 spiro atoms. The van der Waals surface area contributed by atoms with Crippen molar-refractivity contribution in [2.45, 2.75) is 13.3 Å². The van der Waals surface area contributed by atoms with Crippen molar-refractivity contribution in [1.29, 1.82) is 0 Å². The third-order valence-corrected chi connectivity index (χ3v) is 2.61. The van der Waals surface area contributed by atoms with E-state index in [0.29, 0.717) is 18.1 Å². The molecule has 0 aliphatic rings. The number of benzene rings is 1. The molecule has 2 rings (SSSR count). The zero-order valence-electron chi connectivity index (χ0n) is 11.3. The van der Waals surface area contributed by atoms with Crippen molar-refractivity contribution >= 4 is 17.5 Å². The van der Waals surface area contributed by atoms with E-state index in [9.17, 15) is 4.79 Å². The summed E-state index contributed by atoms with van der Waals surface area (Å²) in [4.78, 5) is 11.5. The molecule has 0 atom stereocenters. The first kappa shape index (κ1) is 13.9. The van der Waals surface area contributed by atoms with E-state index in [1.165, 1.54) is 0 Å². The standard InChI is InChI=1S/C14H18N4O2/c1-11-10-13(18-20-11)17-14(19)16-9-5-8-15-12-6-3-2-4-7-12/h2-4,6-7,10,15H,5,8-9H2,1H3,(H2,16,17,18,19). The largest absolute Gasteiger partial charge is 0.385 e. The Balaban J connectivity index is 1.58. The normalized spacial score (nSPS) is 10.1. The van der Waals surface area contributed by atoms with Crippen molar-refractivity contribution in [2.24, 2.45) is 0 Å². The van der Waals surface area contributed by atoms with Gasteiger partial charge in [-0.15, -0.1) is 0 Å². The Hall–Kier alpha value is -2.50. The van der Waals surface area contributed by atoms with E-state index in [1.807, 2.05) is 30.3 Å². The summed E-state index contributed by atoms with van der Waals surface area (Å²) in [7, 11) is 0. The highest BCUT2D eigenvalue weighted by atomic mass is 16.5. The number of hydrogen-bond donors (Lipinski definition) is 3. The van der Waals surface area contributed by atoms with Crippen molar-refractivity contribution in [3.8, 4) is 0 Å². The van der Waals surface area contributed by atoms with Gasteiger partial charge in [-0.05, 0) is 25.5 Å². The first-order chi connectivity index (χ1) is 9.74. The minimum absolute atomic E-state index is 0.280. The Kier molecular flexibility index (Phi) is 5.00. The lowest BCUT2D eigenvalue weighted by molar-refractivity contribution is 0.252. The Labute approximate surface area is 117 Å². The minimum atomic E-state index is -0.280. The molecule has 2 aromatic rings. The number of aryl methyl sites for hydroxylation is 1. The molecule has 0 aliphatic heterocycles. The Bertz CT molecular complexity index is 539. The Morgan fingerprint density at radius 1 is 1.25 bits per heavy atom. The highest BCUT2D eigenvalue weighted by Gasteiger charge is 2.04. The molecule has 0 bridgehead atoms. The molecule has 6 nitrogen and oxygen atoms in total. The van der Waals surface area contributed by atoms with Gasteiger partial charge >= 0.3 is 6.03 Å². The van der Waals surface area contributed by atoms with E-state index in [-0.39, 0.29) is 6.03 Å². The first-order valence-electron chi connectivity index (χ1n) is 6.51. The average molecular weight is 274 g/mol. The number of rotatable bonds is 6. The van der Waals surface area contributed by atoms with E-state index in [1.54, 1.807) is 13.0 Å². The second-order valence-electron chi connectivity index (χ2n) is 4.35. The predicted octanol–water partition coefficient (Wildman–Crippen LogP) is 2.61. The number of nitrogens with one attached hydrogen (secondary N) is 3. The molecule has 0 radical (unpaired) electrons. The van der Waals surface area contributed by atoms with Gasteiger partial charge in [0.1, 0.15) is 5.76 Å². The SMILES string of the molecule is Cc1cc(NC(=O)NCCCNc2ccccc2)no1. The zero-order valence-corrected chi connectivity index (χ0v) is 11.3. The lowest BCUT2D eigenvalue weighted by Gasteiger charge is -2.07. The summed E-state index contributed by atoms with van der Waals surface area (Å²) < 4.78 is 4.85. The smallest absolute Gasteiger partial charge is 0.320 e. The van der Waals surface area contributed by atoms with Gasteiger partial charge in [-0.25, -0.2) is 4.79 Å². The summed E-state index contributed by atoms with van der Waals surface area (Å²) >= 11 is 0. The van der Waals surface area contributed by atoms with Crippen LogP contribution in [0.25, 0.3) is 0 Å². The van der Waals surface area contributed by atoms with Crippen LogP contribution < -0.4 is 16.0 Å². The average Bonchev–Trinajstić information content (AvgIpc) is 2.85. The van der Waals surface area contributed by atoms with Crippen LogP contribution in [0.4, 0.5) is 16.3 Å². The molecule has 20 heavy (non-hydrogen) atoms. The topological polar surface area (TPSA) is 79.2 Å². The highest BCUT2D eigenvalue weighted by molar-refractivity contribution is 5.88. The summed E-state index contributed by atoms with van der Waals surface area (Å²) in [6.07, 6.45) is 0.833. The number of hydrogen-bond acceptors (Lipinski definition) is 4. The maximum absolute atomic E-state index is 11.5. The van der Waals surface area contributed by atoms with Crippen LogP contribution in [0.15, 0.2) is 40.9 Å². The second kappa shape index (κ2) is 7.18. The summed E-state index contributed by atoms with van der Waals surface area (Å²) in [5.74, 6) is 1.08. The molecule has 0 saturated heterocycles. The van der Waals surface area contributed by atoms with Crippen LogP contribution in [0.1, 0.15) is 12.2 Å². The van der Waals surface area contributed by atoms with Crippen molar-refractivity contribution in [3.05, 3.63) is 42.2 Å². The lowest BCUT2D eigenvalue weighted by atomic mass is 10.3. The van der Waals surface area contributed by atoms with Crippen molar-refractivity contribution in [1.82, 2.24) is 10.5 Å². The van der Waals surface area contributed by atoms with E-state index in [0.717, 1.165) is 18.7 Å². The fraction of sp³-hybridized carbons (Fsp3) is 0.286. The molecule has 106 valence electrons. The van der Waals surface area contributed by atoms with Gasteiger partial charge in [-0.2, -0.15) is 0 Å². The molecule has 0 saturated carbocycles. The third kappa shape index (κ3) is 4.64. The molecule has 2 amide bonds. The van der Waals surface area contributed by atoms with Gasteiger partial charge in [-0.1, -0.05) is 23.4 Å². The Morgan fingerprint density at radius 3 is 2.75 bits per heavy atom. The van der Waals surface area contributed by atoms with Crippen LogP contribution in [0.5, 0.6) is 0 Å². The van der Waals surface area contributed by atoms with Crippen LogP contribution in [-0.4, -0.2) is 24.3 Å². The third-order valence-electron chi connectivity index (χ3n) is 2.61. The number of urea groups is 1. The fourth-order valence-electron chi connectivity index (χ4n) is 1.66. The van der Waals surface area contributed by atoms with Crippen molar-refractivity contribution in [2.75, 3.05) is 23.7 Å². The van der Waals surface area contributed by atoms with E-state index < -0.39 is 0 Å². The molecule has 1 aromatic heterocycles. The summed E-state index contributed by atoms with van der Waals surface area (Å²) in [5, 5.41) is 12.3. The molecule has 0 aliphatic carbocycles. The number of carbonyl (C=O) groups is 1. The van der Waals surface area contributed by atoms with Crippen molar-refractivity contribution in [3.63, 3.8) is 0 Å². The number of para-hydroxylation sites is 1. The van der Waals surface area contributed by atoms with E-state index in [2.05, 4.69) is 21.1 Å². The highest BCUT2D eigenvalue weighted by Crippen LogP contribution is 2.06. The van der Waals surface area contributed by atoms with E-state index >= 15 is 0 Å². The van der Waals surface area contributed by atoms with Crippen LogP contribution in [0.2, 0.25) is 0 Å². The molecule has 3 N–H and O–H groups in total. The van der Waals surface area contributed by atoms with Crippen LogP contribution in [0, 0.1) is 6.92 Å². The molecule has 6 heteroatoms. The first-order valence-corrected chi connectivity index (χ1v) is 6.51. The predicted molar refractivity (Wildman–Crippen MR) is 77.8 cm³/mol. The van der Waals surface area contributed by atoms with Crippen LogP contribution in [0.3, 0.4) is 0 Å². The van der Waals surface area contributed by atoms with Crippen LogP contribution >= 0.6 is 0 Å². The monoisotopic (exact) mass is 274 g/mol. The minimum Gasteiger partial charge on any atom is -0.385 e. The van der Waals surface area contributed by atoms with Crippen LogP contribution in [-0.2, 0) is 0 Å². The molecular weight excluding hydrogens is 256 g/mol. The summed E-state index contributed by atoms with van der Waals surface area (Å²) in [6, 6.07) is 11.3. The number of anilines is 2.